The van der Waals surface area contributed by atoms with Gasteiger partial charge in [-0.3, -0.25) is 0 Å². The lowest BCUT2D eigenvalue weighted by Crippen LogP contribution is -2.41. The molecule has 1 fully saturated rings. The molecule has 72 valence electrons. The first-order valence-electron chi connectivity index (χ1n) is 3.21. The second kappa shape index (κ2) is 2.77. The number of alkyl halides is 3. The summed E-state index contributed by atoms with van der Waals surface area (Å²) in [4.78, 5) is 0. The van der Waals surface area contributed by atoms with Gasteiger partial charge in [-0.1, -0.05) is 0 Å². The van der Waals surface area contributed by atoms with Gasteiger partial charge in [0.25, 0.3) is 0 Å². The highest BCUT2D eigenvalue weighted by Crippen LogP contribution is 2.44. The lowest BCUT2D eigenvalue weighted by atomic mass is 9.84. The molecular formula is C5H6ClF3O2S. The van der Waals surface area contributed by atoms with E-state index in [1.807, 2.05) is 0 Å². The number of hydrogen-bond acceptors (Lipinski definition) is 2. The monoisotopic (exact) mass is 222 g/mol. The molecule has 0 atom stereocenters. The Bertz CT molecular complexity index is 265. The van der Waals surface area contributed by atoms with E-state index < -0.39 is 39.2 Å². The van der Waals surface area contributed by atoms with Gasteiger partial charge in [-0.25, -0.2) is 8.42 Å². The number of halogens is 4. The molecule has 7 heteroatoms. The maximum absolute atomic E-state index is 11.8. The van der Waals surface area contributed by atoms with E-state index in [4.69, 9.17) is 10.7 Å². The summed E-state index contributed by atoms with van der Waals surface area (Å²) in [7, 11) is 1.07. The summed E-state index contributed by atoms with van der Waals surface area (Å²) in [5.74, 6) is -1.49. The van der Waals surface area contributed by atoms with Gasteiger partial charge < -0.3 is 0 Å². The predicted octanol–water partition coefficient (Wildman–Crippen LogP) is 1.90. The molecule has 12 heavy (non-hydrogen) atoms. The van der Waals surface area contributed by atoms with Crippen molar-refractivity contribution in [3.63, 3.8) is 0 Å². The molecule has 0 unspecified atom stereocenters. The minimum absolute atomic E-state index is 0.394. The molecule has 0 heterocycles. The van der Waals surface area contributed by atoms with Crippen LogP contribution in [0.25, 0.3) is 0 Å². The molecule has 1 saturated carbocycles. The quantitative estimate of drug-likeness (QED) is 0.635. The van der Waals surface area contributed by atoms with Crippen molar-refractivity contribution in [1.29, 1.82) is 0 Å². The smallest absolute Gasteiger partial charge is 0.212 e. The Morgan fingerprint density at radius 3 is 1.92 bits per heavy atom. The standard InChI is InChI=1S/C5H6ClF3O2S/c6-12(10,11)4-1-3(2-4)5(7,8)9/h3-4H,1-2H2. The first-order chi connectivity index (χ1) is 5.21. The predicted molar refractivity (Wildman–Crippen MR) is 37.3 cm³/mol. The zero-order valence-electron chi connectivity index (χ0n) is 5.81. The van der Waals surface area contributed by atoms with Gasteiger partial charge in [0.15, 0.2) is 0 Å². The van der Waals surface area contributed by atoms with Crippen molar-refractivity contribution in [3.05, 3.63) is 0 Å². The van der Waals surface area contributed by atoms with Crippen LogP contribution in [0, 0.1) is 5.92 Å². The molecule has 1 aliphatic carbocycles. The summed E-state index contributed by atoms with van der Waals surface area (Å²) < 4.78 is 56.4. The summed E-state index contributed by atoms with van der Waals surface area (Å²) in [6.07, 6.45) is -5.07. The topological polar surface area (TPSA) is 34.1 Å². The second-order valence-electron chi connectivity index (χ2n) is 2.81. The first kappa shape index (κ1) is 10.1. The maximum Gasteiger partial charge on any atom is 0.391 e. The van der Waals surface area contributed by atoms with Crippen LogP contribution in [0.3, 0.4) is 0 Å². The van der Waals surface area contributed by atoms with E-state index in [1.165, 1.54) is 0 Å². The van der Waals surface area contributed by atoms with Crippen LogP contribution in [0.5, 0.6) is 0 Å². The van der Waals surface area contributed by atoms with E-state index in [-0.39, 0.29) is 0 Å². The van der Waals surface area contributed by atoms with Gasteiger partial charge in [-0.2, -0.15) is 13.2 Å². The van der Waals surface area contributed by atoms with Gasteiger partial charge in [-0.15, -0.1) is 0 Å². The highest BCUT2D eigenvalue weighted by atomic mass is 35.7. The molecule has 1 aliphatic rings. The van der Waals surface area contributed by atoms with Crippen molar-refractivity contribution in [2.75, 3.05) is 0 Å². The zero-order valence-corrected chi connectivity index (χ0v) is 7.38. The average molecular weight is 223 g/mol. The van der Waals surface area contributed by atoms with Gasteiger partial charge in [-0.05, 0) is 12.8 Å². The van der Waals surface area contributed by atoms with E-state index >= 15 is 0 Å². The van der Waals surface area contributed by atoms with E-state index in [0.29, 0.717) is 0 Å². The Balaban J connectivity index is 2.50. The number of hydrogen-bond donors (Lipinski definition) is 0. The summed E-state index contributed by atoms with van der Waals surface area (Å²) >= 11 is 0. The van der Waals surface area contributed by atoms with Crippen molar-refractivity contribution >= 4 is 19.7 Å². The van der Waals surface area contributed by atoms with Crippen molar-refractivity contribution in [3.8, 4) is 0 Å². The Morgan fingerprint density at radius 2 is 1.67 bits per heavy atom. The van der Waals surface area contributed by atoms with Crippen LogP contribution < -0.4 is 0 Å². The third-order valence-corrected chi connectivity index (χ3v) is 3.89. The Morgan fingerprint density at radius 1 is 1.25 bits per heavy atom. The Kier molecular flexibility index (Phi) is 2.33. The number of rotatable bonds is 1. The second-order valence-corrected chi connectivity index (χ2v) is 5.72. The van der Waals surface area contributed by atoms with Crippen LogP contribution in [0.15, 0.2) is 0 Å². The Labute approximate surface area is 72.1 Å². The van der Waals surface area contributed by atoms with Crippen LogP contribution in [-0.4, -0.2) is 19.8 Å². The minimum Gasteiger partial charge on any atom is -0.212 e. The molecule has 0 amide bonds. The normalized spacial score (nSPS) is 31.3. The third kappa shape index (κ3) is 2.04. The summed E-state index contributed by atoms with van der Waals surface area (Å²) in [5.41, 5.74) is 0. The fourth-order valence-corrected chi connectivity index (χ4v) is 2.42. The molecular weight excluding hydrogens is 217 g/mol. The largest absolute Gasteiger partial charge is 0.391 e. The molecule has 0 aromatic heterocycles. The van der Waals surface area contributed by atoms with Crippen molar-refractivity contribution in [1.82, 2.24) is 0 Å². The average Bonchev–Trinajstić information content (AvgIpc) is 1.46. The van der Waals surface area contributed by atoms with Gasteiger partial charge in [0.05, 0.1) is 11.2 Å². The zero-order chi connectivity index (χ0) is 9.57. The van der Waals surface area contributed by atoms with E-state index in [9.17, 15) is 21.6 Å². The highest BCUT2D eigenvalue weighted by molar-refractivity contribution is 8.14. The van der Waals surface area contributed by atoms with Crippen molar-refractivity contribution < 1.29 is 21.6 Å². The molecule has 1 rings (SSSR count). The Hall–Kier alpha value is 0.0300. The van der Waals surface area contributed by atoms with E-state index in [2.05, 4.69) is 0 Å². The summed E-state index contributed by atoms with van der Waals surface area (Å²) in [6.45, 7) is 0. The van der Waals surface area contributed by atoms with Crippen LogP contribution in [0.1, 0.15) is 12.8 Å². The lowest BCUT2D eigenvalue weighted by molar-refractivity contribution is -0.192. The molecule has 0 aromatic carbocycles. The third-order valence-electron chi connectivity index (χ3n) is 1.96. The molecule has 0 radical (unpaired) electrons. The highest BCUT2D eigenvalue weighted by Gasteiger charge is 2.51. The van der Waals surface area contributed by atoms with E-state index in [0.717, 1.165) is 0 Å². The van der Waals surface area contributed by atoms with Gasteiger partial charge in [0, 0.05) is 10.7 Å². The molecule has 2 nitrogen and oxygen atoms in total. The minimum atomic E-state index is -4.28. The van der Waals surface area contributed by atoms with Gasteiger partial charge >= 0.3 is 6.18 Å². The molecule has 0 aromatic rings. The summed E-state index contributed by atoms with van der Waals surface area (Å²) in [5, 5.41) is -1.01. The molecule has 0 N–H and O–H groups in total. The molecule has 0 bridgehead atoms. The fraction of sp³-hybridized carbons (Fsp3) is 1.00. The molecule has 0 aliphatic heterocycles. The van der Waals surface area contributed by atoms with Crippen LogP contribution in [0.2, 0.25) is 0 Å². The maximum atomic E-state index is 11.8. The first-order valence-corrected chi connectivity index (χ1v) is 5.58. The molecule has 0 saturated heterocycles. The van der Waals surface area contributed by atoms with Gasteiger partial charge in [0.1, 0.15) is 0 Å². The van der Waals surface area contributed by atoms with Crippen LogP contribution in [-0.2, 0) is 9.05 Å². The van der Waals surface area contributed by atoms with Crippen LogP contribution >= 0.6 is 10.7 Å². The lowest BCUT2D eigenvalue weighted by Gasteiger charge is -2.34. The SMILES string of the molecule is O=S(=O)(Cl)C1CC(C(F)(F)F)C1. The van der Waals surface area contributed by atoms with Crippen molar-refractivity contribution in [2.24, 2.45) is 5.92 Å². The fourth-order valence-electron chi connectivity index (χ4n) is 1.06. The van der Waals surface area contributed by atoms with Gasteiger partial charge in [0.2, 0.25) is 9.05 Å². The van der Waals surface area contributed by atoms with E-state index in [1.54, 1.807) is 0 Å². The van der Waals surface area contributed by atoms with Crippen molar-refractivity contribution in [2.45, 2.75) is 24.3 Å². The summed E-state index contributed by atoms with van der Waals surface area (Å²) in [6, 6.07) is 0. The molecule has 0 spiro atoms. The van der Waals surface area contributed by atoms with Crippen LogP contribution in [0.4, 0.5) is 13.2 Å².